The molecule has 0 spiro atoms. The van der Waals surface area contributed by atoms with Gasteiger partial charge in [0.1, 0.15) is 16.7 Å². The van der Waals surface area contributed by atoms with Gasteiger partial charge < -0.3 is 29.1 Å². The minimum Gasteiger partial charge on any atom is -0.483 e. The number of para-hydroxylation sites is 1. The first-order valence-corrected chi connectivity index (χ1v) is 13.5. The van der Waals surface area contributed by atoms with E-state index in [1.54, 1.807) is 12.3 Å². The van der Waals surface area contributed by atoms with Gasteiger partial charge in [0.25, 0.3) is 0 Å². The van der Waals surface area contributed by atoms with Gasteiger partial charge >= 0.3 is 20.1 Å². The van der Waals surface area contributed by atoms with Crippen LogP contribution in [-0.4, -0.2) is 9.97 Å². The van der Waals surface area contributed by atoms with Gasteiger partial charge in [0.05, 0.1) is 16.7 Å². The number of nitrogens with one attached hydrogen (secondary N) is 1. The maximum absolute atomic E-state index is 6.30. The summed E-state index contributed by atoms with van der Waals surface area (Å²) in [6.07, 6.45) is 5.05. The molecule has 206 valence electrons. The smallest absolute Gasteiger partial charge is 0.483 e. The number of nitrogens with zero attached hydrogens (tertiary/aromatic N) is 2. The second kappa shape index (κ2) is 10.9. The zero-order chi connectivity index (χ0) is 28.0. The second-order valence-electron chi connectivity index (χ2n) is 9.88. The Kier molecular flexibility index (Phi) is 6.74. The molecule has 4 aromatic heterocycles. The van der Waals surface area contributed by atoms with Crippen LogP contribution < -0.4 is 10.3 Å². The molecule has 0 amide bonds. The zero-order valence-corrected chi connectivity index (χ0v) is 25.0. The van der Waals surface area contributed by atoms with Crippen LogP contribution in [0.1, 0.15) is 0 Å². The van der Waals surface area contributed by atoms with E-state index in [2.05, 4.69) is 40.6 Å². The van der Waals surface area contributed by atoms with Crippen molar-refractivity contribution in [3.63, 3.8) is 0 Å². The van der Waals surface area contributed by atoms with Gasteiger partial charge in [-0.25, -0.2) is 0 Å². The monoisotopic (exact) mass is 735 g/mol. The van der Waals surface area contributed by atoms with Crippen molar-refractivity contribution in [2.45, 2.75) is 0 Å². The third kappa shape index (κ3) is 4.47. The number of aromatic nitrogens is 3. The molecule has 0 atom stereocenters. The second-order valence-corrected chi connectivity index (χ2v) is 9.88. The van der Waals surface area contributed by atoms with E-state index in [9.17, 15) is 0 Å². The van der Waals surface area contributed by atoms with Crippen molar-refractivity contribution >= 4 is 60.6 Å². The number of benzene rings is 5. The van der Waals surface area contributed by atoms with Crippen molar-refractivity contribution in [2.75, 3.05) is 5.73 Å². The number of H-pyrrole nitrogens is 1. The molecule has 9 aromatic rings. The summed E-state index contributed by atoms with van der Waals surface area (Å²) in [5.74, 6) is 0. The SMILES string of the molecule is Nc1[c-]ccc2oc3ccc4oc5ccc6c([nH][c-][n+]6-c6ccccc6)c5c4c3c12.[Ir+3].[c-]1ccccc1-c1ccccn1. The molecule has 0 bridgehead atoms. The maximum Gasteiger partial charge on any atom is 3.00 e. The van der Waals surface area contributed by atoms with Gasteiger partial charge in [-0.15, -0.1) is 42.0 Å². The van der Waals surface area contributed by atoms with Crippen LogP contribution in [0.25, 0.3) is 71.9 Å². The molecule has 0 saturated carbocycles. The van der Waals surface area contributed by atoms with Gasteiger partial charge in [-0.05, 0) is 35.3 Å². The fourth-order valence-corrected chi connectivity index (χ4v) is 5.55. The minimum atomic E-state index is 0. The van der Waals surface area contributed by atoms with Crippen LogP contribution in [0.2, 0.25) is 0 Å². The maximum atomic E-state index is 6.30. The summed E-state index contributed by atoms with van der Waals surface area (Å²) in [5, 5.41) is 3.78. The number of fused-ring (bicyclic) bond motifs is 9. The Morgan fingerprint density at radius 3 is 2.09 bits per heavy atom. The normalized spacial score (nSPS) is 11.2. The zero-order valence-electron chi connectivity index (χ0n) is 22.6. The Hall–Kier alpha value is -5.23. The molecular weight excluding hydrogens is 713 g/mol. The van der Waals surface area contributed by atoms with Crippen molar-refractivity contribution < 1.29 is 33.5 Å². The van der Waals surface area contributed by atoms with Gasteiger partial charge in [0.2, 0.25) is 6.33 Å². The van der Waals surface area contributed by atoms with E-state index in [0.717, 1.165) is 71.9 Å². The predicted molar refractivity (Wildman–Crippen MR) is 165 cm³/mol. The molecular formula is C36H22IrN4O2+. The molecule has 6 nitrogen and oxygen atoms in total. The van der Waals surface area contributed by atoms with E-state index < -0.39 is 0 Å². The standard InChI is InChI=1S/C25H14N3O2.C11H8N.Ir/c26-15-7-4-8-17-21(15)22-18(29-17)11-12-19-23(22)24-20(30-19)10-9-16-25(24)27-13-28(16)14-5-2-1-3-6-14;1-2-6-10(7-3-1)11-8-4-5-9-12-11;/h1-6,8-12,27H,26H2;1-6,8-9H;/q2*-1;+3. The Morgan fingerprint density at radius 1 is 0.651 bits per heavy atom. The Bertz CT molecular complexity index is 2320. The fraction of sp³-hybridized carbons (Fsp3) is 0. The number of rotatable bonds is 2. The number of pyridine rings is 1. The number of aromatic amines is 1. The molecule has 9 rings (SSSR count). The Labute approximate surface area is 259 Å². The van der Waals surface area contributed by atoms with Gasteiger partial charge in [-0.2, -0.15) is 12.1 Å². The van der Waals surface area contributed by atoms with Gasteiger partial charge in [-0.3, -0.25) is 0 Å². The van der Waals surface area contributed by atoms with E-state index >= 15 is 0 Å². The van der Waals surface area contributed by atoms with Crippen LogP contribution in [0.5, 0.6) is 0 Å². The third-order valence-corrected chi connectivity index (χ3v) is 7.40. The molecule has 0 unspecified atom stereocenters. The molecule has 0 fully saturated rings. The van der Waals surface area contributed by atoms with Crippen molar-refractivity contribution in [3.05, 3.63) is 134 Å². The van der Waals surface area contributed by atoms with Crippen LogP contribution in [0.4, 0.5) is 5.69 Å². The predicted octanol–water partition coefficient (Wildman–Crippen LogP) is 7.97. The molecule has 0 aliphatic carbocycles. The molecule has 0 aliphatic rings. The van der Waals surface area contributed by atoms with Crippen molar-refractivity contribution in [1.29, 1.82) is 0 Å². The number of furan rings is 2. The van der Waals surface area contributed by atoms with Crippen LogP contribution in [-0.2, 0) is 20.1 Å². The summed E-state index contributed by atoms with van der Waals surface area (Å²) in [5.41, 5.74) is 15.0. The quantitative estimate of drug-likeness (QED) is 0.107. The van der Waals surface area contributed by atoms with Crippen molar-refractivity contribution in [3.8, 4) is 16.9 Å². The average molecular weight is 735 g/mol. The number of hydrogen-bond acceptors (Lipinski definition) is 4. The van der Waals surface area contributed by atoms with E-state index in [1.165, 1.54) is 0 Å². The number of anilines is 1. The molecule has 0 saturated heterocycles. The van der Waals surface area contributed by atoms with Gasteiger partial charge in [0, 0.05) is 22.6 Å². The summed E-state index contributed by atoms with van der Waals surface area (Å²) >= 11 is 0. The minimum absolute atomic E-state index is 0. The number of hydrogen-bond donors (Lipinski definition) is 2. The molecule has 43 heavy (non-hydrogen) atoms. The molecule has 0 radical (unpaired) electrons. The van der Waals surface area contributed by atoms with Crippen LogP contribution in [0.15, 0.2) is 124 Å². The van der Waals surface area contributed by atoms with Gasteiger partial charge in [0.15, 0.2) is 0 Å². The number of nitrogens with two attached hydrogens (primary N) is 1. The number of imidazole rings is 1. The topological polar surface area (TPSA) is 84.9 Å². The van der Waals surface area contributed by atoms with Crippen LogP contribution in [0, 0.1) is 18.5 Å². The van der Waals surface area contributed by atoms with Crippen molar-refractivity contribution in [2.24, 2.45) is 0 Å². The van der Waals surface area contributed by atoms with E-state index in [-0.39, 0.29) is 20.1 Å². The fourth-order valence-electron chi connectivity index (χ4n) is 5.55. The largest absolute Gasteiger partial charge is 3.00 e. The first kappa shape index (κ1) is 26.7. The molecule has 4 heterocycles. The average Bonchev–Trinajstić information content (AvgIpc) is 3.76. The summed E-state index contributed by atoms with van der Waals surface area (Å²) in [4.78, 5) is 7.55. The summed E-state index contributed by atoms with van der Waals surface area (Å²) < 4.78 is 14.3. The third-order valence-electron chi connectivity index (χ3n) is 7.40. The Morgan fingerprint density at radius 2 is 1.35 bits per heavy atom. The first-order valence-electron chi connectivity index (χ1n) is 13.5. The first-order chi connectivity index (χ1) is 20.8. The molecule has 3 N–H and O–H groups in total. The van der Waals surface area contributed by atoms with E-state index in [1.807, 2.05) is 95.6 Å². The number of nitrogen functional groups attached to an aromatic ring is 1. The van der Waals surface area contributed by atoms with Crippen LogP contribution >= 0.6 is 0 Å². The van der Waals surface area contributed by atoms with E-state index in [0.29, 0.717) is 5.69 Å². The van der Waals surface area contributed by atoms with E-state index in [4.69, 9.17) is 14.6 Å². The van der Waals surface area contributed by atoms with Gasteiger partial charge in [-0.1, -0.05) is 59.6 Å². The van der Waals surface area contributed by atoms with Crippen molar-refractivity contribution in [1.82, 2.24) is 9.97 Å². The molecule has 7 heteroatoms. The molecule has 0 aliphatic heterocycles. The summed E-state index contributed by atoms with van der Waals surface area (Å²) in [6.45, 7) is 0. The molecule has 5 aromatic carbocycles. The Balaban J connectivity index is 0.000000195. The summed E-state index contributed by atoms with van der Waals surface area (Å²) in [7, 11) is 0. The van der Waals surface area contributed by atoms with Crippen LogP contribution in [0.3, 0.4) is 0 Å². The summed E-state index contributed by atoms with van der Waals surface area (Å²) in [6, 6.07) is 41.7.